The number of nitrogens with zero attached hydrogens (tertiary/aromatic N) is 2. The van der Waals surface area contributed by atoms with Crippen LogP contribution < -0.4 is 0 Å². The molecule has 98 valence electrons. The van der Waals surface area contributed by atoms with E-state index in [9.17, 15) is 8.78 Å². The molecule has 0 spiro atoms. The predicted octanol–water partition coefficient (Wildman–Crippen LogP) is 4.26. The topological polar surface area (TPSA) is 25.8 Å². The maximum Gasteiger partial charge on any atom is 0.168 e. The van der Waals surface area contributed by atoms with E-state index in [1.807, 2.05) is 0 Å². The summed E-state index contributed by atoms with van der Waals surface area (Å²) in [5, 5.41) is 0.257. The molecule has 1 aromatic heterocycles. The molecular formula is C14H11ClF2N2. The Kier molecular flexibility index (Phi) is 2.97. The molecule has 2 aromatic rings. The number of aromatic nitrogens is 2. The van der Waals surface area contributed by atoms with Crippen molar-refractivity contribution in [1.82, 2.24) is 9.97 Å². The van der Waals surface area contributed by atoms with Crippen molar-refractivity contribution >= 4 is 11.6 Å². The fourth-order valence-electron chi connectivity index (χ4n) is 1.94. The number of rotatable bonds is 2. The van der Waals surface area contributed by atoms with Crippen LogP contribution in [0, 0.1) is 18.6 Å². The van der Waals surface area contributed by atoms with Crippen LogP contribution in [-0.4, -0.2) is 9.97 Å². The van der Waals surface area contributed by atoms with Gasteiger partial charge in [0.15, 0.2) is 11.6 Å². The van der Waals surface area contributed by atoms with E-state index in [0.717, 1.165) is 12.8 Å². The van der Waals surface area contributed by atoms with Gasteiger partial charge in [-0.3, -0.25) is 0 Å². The summed E-state index contributed by atoms with van der Waals surface area (Å²) in [6.45, 7) is 1.52. The zero-order valence-corrected chi connectivity index (χ0v) is 11.0. The highest BCUT2D eigenvalue weighted by Gasteiger charge is 2.27. The van der Waals surface area contributed by atoms with Crippen molar-refractivity contribution < 1.29 is 8.78 Å². The lowest BCUT2D eigenvalue weighted by Gasteiger charge is -2.07. The maximum absolute atomic E-state index is 13.9. The number of hydrogen-bond donors (Lipinski definition) is 0. The summed E-state index contributed by atoms with van der Waals surface area (Å²) in [7, 11) is 0. The SMILES string of the molecule is Cc1ccc(-c2cc(Cl)nc(C3CC3)n2)c(F)c1F. The second-order valence-electron chi connectivity index (χ2n) is 4.77. The van der Waals surface area contributed by atoms with E-state index in [-0.39, 0.29) is 16.3 Å². The van der Waals surface area contributed by atoms with E-state index >= 15 is 0 Å². The van der Waals surface area contributed by atoms with Crippen LogP contribution in [0.3, 0.4) is 0 Å². The Morgan fingerprint density at radius 1 is 1.16 bits per heavy atom. The van der Waals surface area contributed by atoms with Crippen molar-refractivity contribution in [3.63, 3.8) is 0 Å². The highest BCUT2D eigenvalue weighted by atomic mass is 35.5. The summed E-state index contributed by atoms with van der Waals surface area (Å²) in [6.07, 6.45) is 2.04. The Morgan fingerprint density at radius 2 is 1.89 bits per heavy atom. The first-order chi connectivity index (χ1) is 9.06. The van der Waals surface area contributed by atoms with Crippen molar-refractivity contribution in [1.29, 1.82) is 0 Å². The van der Waals surface area contributed by atoms with Crippen LogP contribution in [0.2, 0.25) is 5.15 Å². The van der Waals surface area contributed by atoms with E-state index in [1.54, 1.807) is 0 Å². The Labute approximate surface area is 114 Å². The quantitative estimate of drug-likeness (QED) is 0.768. The molecule has 0 radical (unpaired) electrons. The minimum absolute atomic E-state index is 0.120. The van der Waals surface area contributed by atoms with Gasteiger partial charge in [-0.25, -0.2) is 18.7 Å². The third-order valence-electron chi connectivity index (χ3n) is 3.21. The van der Waals surface area contributed by atoms with Crippen LogP contribution in [0.1, 0.15) is 30.1 Å². The van der Waals surface area contributed by atoms with Gasteiger partial charge in [-0.2, -0.15) is 0 Å². The number of aryl methyl sites for hydroxylation is 1. The van der Waals surface area contributed by atoms with E-state index in [2.05, 4.69) is 9.97 Å². The third-order valence-corrected chi connectivity index (χ3v) is 3.40. The fourth-order valence-corrected chi connectivity index (χ4v) is 2.13. The average molecular weight is 281 g/mol. The van der Waals surface area contributed by atoms with Gasteiger partial charge in [-0.05, 0) is 31.4 Å². The summed E-state index contributed by atoms with van der Waals surface area (Å²) in [5.74, 6) is -0.824. The molecule has 1 saturated carbocycles. The third kappa shape index (κ3) is 2.32. The largest absolute Gasteiger partial charge is 0.232 e. The molecule has 19 heavy (non-hydrogen) atoms. The molecule has 1 aliphatic carbocycles. The molecule has 0 atom stereocenters. The standard InChI is InChI=1S/C14H11ClF2N2/c1-7-2-5-9(13(17)12(7)16)10-6-11(15)19-14(18-10)8-3-4-8/h2,5-6,8H,3-4H2,1H3. The van der Waals surface area contributed by atoms with Gasteiger partial charge in [-0.15, -0.1) is 0 Å². The van der Waals surface area contributed by atoms with Crippen LogP contribution in [0.25, 0.3) is 11.3 Å². The summed E-state index contributed by atoms with van der Waals surface area (Å²) in [5.41, 5.74) is 0.719. The van der Waals surface area contributed by atoms with Crippen LogP contribution >= 0.6 is 11.6 Å². The number of hydrogen-bond acceptors (Lipinski definition) is 2. The van der Waals surface area contributed by atoms with Crippen LogP contribution in [0.15, 0.2) is 18.2 Å². The molecule has 0 unspecified atom stereocenters. The lowest BCUT2D eigenvalue weighted by molar-refractivity contribution is 0.505. The Balaban J connectivity index is 2.13. The molecule has 1 fully saturated rings. The predicted molar refractivity (Wildman–Crippen MR) is 69.1 cm³/mol. The normalized spacial score (nSPS) is 14.7. The number of halogens is 3. The van der Waals surface area contributed by atoms with E-state index in [0.29, 0.717) is 17.4 Å². The van der Waals surface area contributed by atoms with Crippen molar-refractivity contribution in [3.05, 3.63) is 46.4 Å². The Bertz CT molecular complexity index is 654. The van der Waals surface area contributed by atoms with Crippen molar-refractivity contribution in [2.75, 3.05) is 0 Å². The van der Waals surface area contributed by atoms with E-state index in [4.69, 9.17) is 11.6 Å². The van der Waals surface area contributed by atoms with Gasteiger partial charge < -0.3 is 0 Å². The molecule has 3 rings (SSSR count). The van der Waals surface area contributed by atoms with Gasteiger partial charge in [-0.1, -0.05) is 17.7 Å². The lowest BCUT2D eigenvalue weighted by Crippen LogP contribution is -1.99. The molecule has 0 amide bonds. The highest BCUT2D eigenvalue weighted by Crippen LogP contribution is 2.39. The van der Waals surface area contributed by atoms with Gasteiger partial charge in [0.05, 0.1) is 5.69 Å². The summed E-state index contributed by atoms with van der Waals surface area (Å²) < 4.78 is 27.5. The molecule has 0 aliphatic heterocycles. The van der Waals surface area contributed by atoms with Gasteiger partial charge >= 0.3 is 0 Å². The monoisotopic (exact) mass is 280 g/mol. The second kappa shape index (κ2) is 4.53. The van der Waals surface area contributed by atoms with Crippen LogP contribution in [-0.2, 0) is 0 Å². The van der Waals surface area contributed by atoms with E-state index < -0.39 is 11.6 Å². The molecule has 0 saturated heterocycles. The second-order valence-corrected chi connectivity index (χ2v) is 5.15. The summed E-state index contributed by atoms with van der Waals surface area (Å²) >= 11 is 5.93. The Hall–Kier alpha value is -1.55. The minimum atomic E-state index is -0.892. The molecule has 2 nitrogen and oxygen atoms in total. The molecular weight excluding hydrogens is 270 g/mol. The first-order valence-electron chi connectivity index (χ1n) is 6.05. The minimum Gasteiger partial charge on any atom is -0.232 e. The lowest BCUT2D eigenvalue weighted by atomic mass is 10.1. The first kappa shape index (κ1) is 12.5. The van der Waals surface area contributed by atoms with Crippen LogP contribution in [0.4, 0.5) is 8.78 Å². The summed E-state index contributed by atoms with van der Waals surface area (Å²) in [6, 6.07) is 4.50. The number of benzene rings is 1. The Morgan fingerprint density at radius 3 is 2.58 bits per heavy atom. The van der Waals surface area contributed by atoms with Gasteiger partial charge in [0.25, 0.3) is 0 Å². The molecule has 1 aliphatic rings. The smallest absolute Gasteiger partial charge is 0.168 e. The molecule has 0 N–H and O–H groups in total. The van der Waals surface area contributed by atoms with Gasteiger partial charge in [0.2, 0.25) is 0 Å². The fraction of sp³-hybridized carbons (Fsp3) is 0.286. The first-order valence-corrected chi connectivity index (χ1v) is 6.43. The average Bonchev–Trinajstić information content (AvgIpc) is 3.19. The van der Waals surface area contributed by atoms with Gasteiger partial charge in [0.1, 0.15) is 11.0 Å². The maximum atomic E-state index is 13.9. The van der Waals surface area contributed by atoms with Crippen LogP contribution in [0.5, 0.6) is 0 Å². The van der Waals surface area contributed by atoms with E-state index in [1.165, 1.54) is 25.1 Å². The summed E-state index contributed by atoms with van der Waals surface area (Å²) in [4.78, 5) is 8.42. The molecule has 5 heteroatoms. The highest BCUT2D eigenvalue weighted by molar-refractivity contribution is 6.29. The zero-order valence-electron chi connectivity index (χ0n) is 10.3. The molecule has 1 aromatic carbocycles. The zero-order chi connectivity index (χ0) is 13.6. The van der Waals surface area contributed by atoms with Gasteiger partial charge in [0, 0.05) is 17.5 Å². The van der Waals surface area contributed by atoms with Crippen molar-refractivity contribution in [3.8, 4) is 11.3 Å². The molecule has 1 heterocycles. The van der Waals surface area contributed by atoms with Crippen molar-refractivity contribution in [2.24, 2.45) is 0 Å². The van der Waals surface area contributed by atoms with Crippen molar-refractivity contribution in [2.45, 2.75) is 25.7 Å². The molecule has 0 bridgehead atoms.